The van der Waals surface area contributed by atoms with E-state index in [1.807, 2.05) is 24.3 Å². The van der Waals surface area contributed by atoms with Gasteiger partial charge in [-0.25, -0.2) is 0 Å². The van der Waals surface area contributed by atoms with E-state index < -0.39 is 12.0 Å². The second-order valence-corrected chi connectivity index (χ2v) is 3.94. The van der Waals surface area contributed by atoms with E-state index in [9.17, 15) is 4.79 Å². The highest BCUT2D eigenvalue weighted by atomic mass is 16.5. The van der Waals surface area contributed by atoms with Crippen molar-refractivity contribution in [2.45, 2.75) is 18.4 Å². The molecular weight excluding hydrogens is 206 g/mol. The van der Waals surface area contributed by atoms with Crippen LogP contribution >= 0.6 is 0 Å². The first kappa shape index (κ1) is 11.0. The van der Waals surface area contributed by atoms with Crippen LogP contribution in [0.3, 0.4) is 0 Å². The summed E-state index contributed by atoms with van der Waals surface area (Å²) in [7, 11) is 1.61. The molecule has 1 heterocycles. The third-order valence-electron chi connectivity index (χ3n) is 3.01. The first-order valence-corrected chi connectivity index (χ1v) is 5.32. The maximum absolute atomic E-state index is 11.0. The molecule has 0 amide bonds. The number of carboxylic acids is 1. The minimum atomic E-state index is -0.787. The average molecular weight is 221 g/mol. The molecule has 16 heavy (non-hydrogen) atoms. The molecule has 1 aromatic rings. The number of benzene rings is 1. The summed E-state index contributed by atoms with van der Waals surface area (Å²) in [6, 6.07) is 7.14. The molecule has 2 N–H and O–H groups in total. The zero-order valence-electron chi connectivity index (χ0n) is 9.14. The molecule has 1 saturated heterocycles. The fraction of sp³-hybridized carbons (Fsp3) is 0.417. The molecule has 4 nitrogen and oxygen atoms in total. The maximum atomic E-state index is 11.0. The van der Waals surface area contributed by atoms with Gasteiger partial charge in [0.1, 0.15) is 11.8 Å². The number of aliphatic carboxylic acids is 1. The molecule has 0 aromatic heterocycles. The van der Waals surface area contributed by atoms with Gasteiger partial charge in [0.2, 0.25) is 0 Å². The van der Waals surface area contributed by atoms with Gasteiger partial charge in [0.25, 0.3) is 0 Å². The van der Waals surface area contributed by atoms with E-state index in [1.54, 1.807) is 7.11 Å². The molecular formula is C12H15NO3. The first-order valence-electron chi connectivity index (χ1n) is 5.32. The van der Waals surface area contributed by atoms with Crippen molar-refractivity contribution in [3.63, 3.8) is 0 Å². The Balaban J connectivity index is 2.25. The summed E-state index contributed by atoms with van der Waals surface area (Å²) in [5.74, 6) is 0.0199. The number of methoxy groups -OCH3 is 1. The highest BCUT2D eigenvalue weighted by Gasteiger charge is 2.33. The molecule has 1 aliphatic heterocycles. The highest BCUT2D eigenvalue weighted by molar-refractivity contribution is 5.75. The van der Waals surface area contributed by atoms with Crippen molar-refractivity contribution in [2.24, 2.45) is 0 Å². The maximum Gasteiger partial charge on any atom is 0.321 e. The summed E-state index contributed by atoms with van der Waals surface area (Å²) in [4.78, 5) is 11.0. The van der Waals surface area contributed by atoms with Gasteiger partial charge in [-0.1, -0.05) is 12.1 Å². The molecule has 0 radical (unpaired) electrons. The molecule has 0 saturated carbocycles. The molecule has 0 spiro atoms. The van der Waals surface area contributed by atoms with Crippen LogP contribution in [-0.2, 0) is 4.79 Å². The van der Waals surface area contributed by atoms with Gasteiger partial charge in [-0.2, -0.15) is 0 Å². The second-order valence-electron chi connectivity index (χ2n) is 3.94. The van der Waals surface area contributed by atoms with Crippen LogP contribution in [0.1, 0.15) is 17.9 Å². The third kappa shape index (κ3) is 2.02. The Labute approximate surface area is 94.2 Å². The van der Waals surface area contributed by atoms with Crippen LogP contribution in [0.25, 0.3) is 0 Å². The molecule has 1 aromatic carbocycles. The Morgan fingerprint density at radius 2 is 2.38 bits per heavy atom. The Morgan fingerprint density at radius 3 is 3.06 bits per heavy atom. The van der Waals surface area contributed by atoms with Gasteiger partial charge in [0.15, 0.2) is 0 Å². The van der Waals surface area contributed by atoms with Crippen molar-refractivity contribution in [1.29, 1.82) is 0 Å². The van der Waals surface area contributed by atoms with E-state index in [-0.39, 0.29) is 5.92 Å². The van der Waals surface area contributed by atoms with E-state index in [2.05, 4.69) is 5.32 Å². The number of carboxylic acid groups (broad SMARTS) is 1. The monoisotopic (exact) mass is 221 g/mol. The Bertz CT molecular complexity index is 392. The molecule has 1 fully saturated rings. The van der Waals surface area contributed by atoms with Crippen LogP contribution in [0, 0.1) is 0 Å². The lowest BCUT2D eigenvalue weighted by Crippen LogP contribution is -2.34. The SMILES string of the molecule is COc1cccc([C@@H]2CCN[C@@H]2C(=O)O)c1. The van der Waals surface area contributed by atoms with E-state index >= 15 is 0 Å². The lowest BCUT2D eigenvalue weighted by Gasteiger charge is -2.16. The molecule has 2 atom stereocenters. The van der Waals surface area contributed by atoms with Crippen LogP contribution in [-0.4, -0.2) is 30.8 Å². The van der Waals surface area contributed by atoms with Crippen LogP contribution in [0.15, 0.2) is 24.3 Å². The fourth-order valence-corrected chi connectivity index (χ4v) is 2.19. The molecule has 0 aliphatic carbocycles. The lowest BCUT2D eigenvalue weighted by molar-refractivity contribution is -0.139. The van der Waals surface area contributed by atoms with E-state index in [4.69, 9.17) is 9.84 Å². The molecule has 4 heteroatoms. The third-order valence-corrected chi connectivity index (χ3v) is 3.01. The molecule has 0 bridgehead atoms. The lowest BCUT2D eigenvalue weighted by atomic mass is 9.92. The number of ether oxygens (including phenoxy) is 1. The van der Waals surface area contributed by atoms with E-state index in [0.717, 1.165) is 24.3 Å². The van der Waals surface area contributed by atoms with Crippen LogP contribution in [0.2, 0.25) is 0 Å². The zero-order valence-corrected chi connectivity index (χ0v) is 9.14. The Kier molecular flexibility index (Phi) is 3.10. The average Bonchev–Trinajstić information content (AvgIpc) is 2.78. The number of rotatable bonds is 3. The Hall–Kier alpha value is -1.55. The summed E-state index contributed by atoms with van der Waals surface area (Å²) in [6.07, 6.45) is 0.851. The summed E-state index contributed by atoms with van der Waals surface area (Å²) < 4.78 is 5.14. The van der Waals surface area contributed by atoms with Crippen LogP contribution in [0.4, 0.5) is 0 Å². The Morgan fingerprint density at radius 1 is 1.56 bits per heavy atom. The van der Waals surface area contributed by atoms with Crippen molar-refractivity contribution in [1.82, 2.24) is 5.32 Å². The largest absolute Gasteiger partial charge is 0.497 e. The van der Waals surface area contributed by atoms with Gasteiger partial charge in [-0.05, 0) is 30.7 Å². The van der Waals surface area contributed by atoms with E-state index in [1.165, 1.54) is 0 Å². The summed E-state index contributed by atoms with van der Waals surface area (Å²) in [5, 5.41) is 12.1. The van der Waals surface area contributed by atoms with Gasteiger partial charge in [-0.15, -0.1) is 0 Å². The zero-order chi connectivity index (χ0) is 11.5. The molecule has 1 aliphatic rings. The van der Waals surface area contributed by atoms with Gasteiger partial charge in [0.05, 0.1) is 7.11 Å². The van der Waals surface area contributed by atoms with Crippen LogP contribution in [0.5, 0.6) is 5.75 Å². The second kappa shape index (κ2) is 4.53. The molecule has 86 valence electrons. The topological polar surface area (TPSA) is 58.6 Å². The molecule has 2 rings (SSSR count). The predicted octanol–water partition coefficient (Wildman–Crippen LogP) is 1.23. The van der Waals surface area contributed by atoms with Gasteiger partial charge in [0, 0.05) is 5.92 Å². The molecule has 0 unspecified atom stereocenters. The normalized spacial score (nSPS) is 24.3. The van der Waals surface area contributed by atoms with Crippen molar-refractivity contribution < 1.29 is 14.6 Å². The summed E-state index contributed by atoms with van der Waals surface area (Å²) >= 11 is 0. The summed E-state index contributed by atoms with van der Waals surface area (Å²) in [5.41, 5.74) is 1.02. The van der Waals surface area contributed by atoms with Gasteiger partial charge >= 0.3 is 5.97 Å². The standard InChI is InChI=1S/C12H15NO3/c1-16-9-4-2-3-8(7-9)10-5-6-13-11(10)12(14)15/h2-4,7,10-11,13H,5-6H2,1H3,(H,14,15)/t10-,11-/m0/s1. The van der Waals surface area contributed by atoms with Crippen molar-refractivity contribution in [3.05, 3.63) is 29.8 Å². The minimum absolute atomic E-state index is 0.0348. The van der Waals surface area contributed by atoms with E-state index in [0.29, 0.717) is 0 Å². The quantitative estimate of drug-likeness (QED) is 0.806. The summed E-state index contributed by atoms with van der Waals surface area (Å²) in [6.45, 7) is 0.749. The highest BCUT2D eigenvalue weighted by Crippen LogP contribution is 2.29. The van der Waals surface area contributed by atoms with Gasteiger partial charge in [-0.3, -0.25) is 4.79 Å². The number of hydrogen-bond acceptors (Lipinski definition) is 3. The minimum Gasteiger partial charge on any atom is -0.497 e. The van der Waals surface area contributed by atoms with Gasteiger partial charge < -0.3 is 15.2 Å². The smallest absolute Gasteiger partial charge is 0.321 e. The van der Waals surface area contributed by atoms with Crippen molar-refractivity contribution >= 4 is 5.97 Å². The number of hydrogen-bond donors (Lipinski definition) is 2. The number of nitrogens with one attached hydrogen (secondary N) is 1. The first-order chi connectivity index (χ1) is 7.72. The fourth-order valence-electron chi connectivity index (χ4n) is 2.19. The van der Waals surface area contributed by atoms with Crippen molar-refractivity contribution in [3.8, 4) is 5.75 Å². The van der Waals surface area contributed by atoms with Crippen LogP contribution < -0.4 is 10.1 Å². The number of carbonyl (C=O) groups is 1. The van der Waals surface area contributed by atoms with Crippen molar-refractivity contribution in [2.75, 3.05) is 13.7 Å². The predicted molar refractivity (Wildman–Crippen MR) is 59.8 cm³/mol.